The number of hydrogen-bond acceptors (Lipinski definition) is 4. The van der Waals surface area contributed by atoms with E-state index >= 15 is 0 Å². The molecule has 4 nitrogen and oxygen atoms in total. The van der Waals surface area contributed by atoms with Gasteiger partial charge in [0.1, 0.15) is 24.0 Å². The van der Waals surface area contributed by atoms with E-state index in [0.29, 0.717) is 30.0 Å². The standard InChI is InChI=1S/C16H25N3O/c1-11(2)19(12(3)4)7-8-20-16-9-13(5)18-14(6)15(16)10-17/h9,11-12H,7-8H2,1-6H3. The molecule has 0 amide bonds. The number of aromatic nitrogens is 1. The predicted molar refractivity (Wildman–Crippen MR) is 80.9 cm³/mol. The maximum atomic E-state index is 9.19. The molecule has 0 fully saturated rings. The molecule has 1 aromatic heterocycles. The van der Waals surface area contributed by atoms with Crippen LogP contribution in [-0.4, -0.2) is 35.1 Å². The molecule has 1 rings (SSSR count). The normalized spacial score (nSPS) is 11.2. The first-order valence-corrected chi connectivity index (χ1v) is 7.13. The molecule has 0 aliphatic heterocycles. The fourth-order valence-corrected chi connectivity index (χ4v) is 2.42. The Morgan fingerprint density at radius 1 is 1.25 bits per heavy atom. The van der Waals surface area contributed by atoms with E-state index in [2.05, 4.69) is 43.6 Å². The van der Waals surface area contributed by atoms with E-state index in [1.54, 1.807) is 0 Å². The maximum absolute atomic E-state index is 9.19. The first-order chi connectivity index (χ1) is 9.36. The summed E-state index contributed by atoms with van der Waals surface area (Å²) in [6, 6.07) is 4.97. The molecule has 0 aliphatic rings. The van der Waals surface area contributed by atoms with Gasteiger partial charge in [0.15, 0.2) is 0 Å². The SMILES string of the molecule is Cc1cc(OCCN(C(C)C)C(C)C)c(C#N)c(C)n1. The summed E-state index contributed by atoms with van der Waals surface area (Å²) >= 11 is 0. The lowest BCUT2D eigenvalue weighted by atomic mass is 10.2. The monoisotopic (exact) mass is 275 g/mol. The van der Waals surface area contributed by atoms with Gasteiger partial charge in [-0.2, -0.15) is 5.26 Å². The second-order valence-electron chi connectivity index (χ2n) is 5.61. The van der Waals surface area contributed by atoms with Crippen molar-refractivity contribution in [3.05, 3.63) is 23.0 Å². The van der Waals surface area contributed by atoms with Gasteiger partial charge in [-0.15, -0.1) is 0 Å². The highest BCUT2D eigenvalue weighted by atomic mass is 16.5. The van der Waals surface area contributed by atoms with Crippen molar-refractivity contribution in [3.8, 4) is 11.8 Å². The number of ether oxygens (including phenoxy) is 1. The summed E-state index contributed by atoms with van der Waals surface area (Å²) in [6.07, 6.45) is 0. The largest absolute Gasteiger partial charge is 0.491 e. The van der Waals surface area contributed by atoms with Gasteiger partial charge >= 0.3 is 0 Å². The number of nitriles is 1. The lowest BCUT2D eigenvalue weighted by Gasteiger charge is -2.30. The van der Waals surface area contributed by atoms with Crippen molar-refractivity contribution in [3.63, 3.8) is 0 Å². The van der Waals surface area contributed by atoms with Gasteiger partial charge in [0, 0.05) is 30.4 Å². The van der Waals surface area contributed by atoms with Crippen LogP contribution in [0.15, 0.2) is 6.07 Å². The zero-order chi connectivity index (χ0) is 15.3. The first kappa shape index (κ1) is 16.5. The minimum absolute atomic E-state index is 0.481. The van der Waals surface area contributed by atoms with Gasteiger partial charge in [0.2, 0.25) is 0 Å². The summed E-state index contributed by atoms with van der Waals surface area (Å²) in [5, 5.41) is 9.19. The Hall–Kier alpha value is -1.60. The van der Waals surface area contributed by atoms with Crippen LogP contribution in [0.4, 0.5) is 0 Å². The third-order valence-electron chi connectivity index (χ3n) is 3.34. The third-order valence-corrected chi connectivity index (χ3v) is 3.34. The molecule has 0 atom stereocenters. The molecule has 1 aromatic rings. The topological polar surface area (TPSA) is 49.1 Å². The van der Waals surface area contributed by atoms with Crippen molar-refractivity contribution < 1.29 is 4.74 Å². The highest BCUT2D eigenvalue weighted by molar-refractivity contribution is 5.46. The van der Waals surface area contributed by atoms with Crippen LogP contribution in [0.1, 0.15) is 44.6 Å². The molecule has 0 saturated carbocycles. The molecule has 20 heavy (non-hydrogen) atoms. The quantitative estimate of drug-likeness (QED) is 0.800. The van der Waals surface area contributed by atoms with Crippen molar-refractivity contribution in [2.45, 2.75) is 53.6 Å². The molecular formula is C16H25N3O. The predicted octanol–water partition coefficient (Wildman–Crippen LogP) is 3.07. The van der Waals surface area contributed by atoms with Crippen LogP contribution < -0.4 is 4.74 Å². The van der Waals surface area contributed by atoms with Crippen molar-refractivity contribution in [1.29, 1.82) is 5.26 Å². The molecule has 1 heterocycles. The van der Waals surface area contributed by atoms with E-state index in [1.165, 1.54) is 0 Å². The summed E-state index contributed by atoms with van der Waals surface area (Å²) < 4.78 is 5.82. The number of aryl methyl sites for hydroxylation is 2. The first-order valence-electron chi connectivity index (χ1n) is 7.13. The van der Waals surface area contributed by atoms with E-state index in [-0.39, 0.29) is 0 Å². The van der Waals surface area contributed by atoms with E-state index in [9.17, 15) is 5.26 Å². The van der Waals surface area contributed by atoms with E-state index in [1.807, 2.05) is 19.9 Å². The van der Waals surface area contributed by atoms with Gasteiger partial charge in [-0.3, -0.25) is 9.88 Å². The molecule has 0 N–H and O–H groups in total. The average molecular weight is 275 g/mol. The molecule has 0 aromatic carbocycles. The van der Waals surface area contributed by atoms with Crippen molar-refractivity contribution in [1.82, 2.24) is 9.88 Å². The highest BCUT2D eigenvalue weighted by Gasteiger charge is 2.14. The van der Waals surface area contributed by atoms with Crippen LogP contribution in [0.2, 0.25) is 0 Å². The van der Waals surface area contributed by atoms with Crippen LogP contribution >= 0.6 is 0 Å². The Kier molecular flexibility index (Phi) is 5.97. The van der Waals surface area contributed by atoms with Crippen molar-refractivity contribution in [2.75, 3.05) is 13.2 Å². The Morgan fingerprint density at radius 2 is 1.85 bits per heavy atom. The lowest BCUT2D eigenvalue weighted by molar-refractivity contribution is 0.141. The summed E-state index contributed by atoms with van der Waals surface area (Å²) in [6.45, 7) is 13.9. The lowest BCUT2D eigenvalue weighted by Crippen LogP contribution is -2.39. The zero-order valence-corrected chi connectivity index (χ0v) is 13.4. The van der Waals surface area contributed by atoms with Crippen LogP contribution in [-0.2, 0) is 0 Å². The Labute approximate surface area is 122 Å². The van der Waals surface area contributed by atoms with Gasteiger partial charge < -0.3 is 4.74 Å². The molecule has 0 radical (unpaired) electrons. The number of rotatable bonds is 6. The van der Waals surface area contributed by atoms with Crippen molar-refractivity contribution in [2.24, 2.45) is 0 Å². The van der Waals surface area contributed by atoms with Gasteiger partial charge in [0.05, 0.1) is 5.69 Å². The second-order valence-corrected chi connectivity index (χ2v) is 5.61. The molecule has 0 bridgehead atoms. The zero-order valence-electron chi connectivity index (χ0n) is 13.4. The summed E-state index contributed by atoms with van der Waals surface area (Å²) in [4.78, 5) is 6.66. The third kappa shape index (κ3) is 4.21. The molecule has 0 aliphatic carbocycles. The molecular weight excluding hydrogens is 250 g/mol. The van der Waals surface area contributed by atoms with Crippen LogP contribution in [0.25, 0.3) is 0 Å². The molecule has 0 saturated heterocycles. The summed E-state index contributed by atoms with van der Waals surface area (Å²) in [7, 11) is 0. The minimum Gasteiger partial charge on any atom is -0.491 e. The fraction of sp³-hybridized carbons (Fsp3) is 0.625. The van der Waals surface area contributed by atoms with Crippen LogP contribution in [0.5, 0.6) is 5.75 Å². The Morgan fingerprint density at radius 3 is 2.35 bits per heavy atom. The van der Waals surface area contributed by atoms with Gasteiger partial charge in [-0.05, 0) is 41.5 Å². The van der Waals surface area contributed by atoms with Crippen LogP contribution in [0, 0.1) is 25.2 Å². The fourth-order valence-electron chi connectivity index (χ4n) is 2.42. The van der Waals surface area contributed by atoms with E-state index < -0.39 is 0 Å². The second kappa shape index (κ2) is 7.25. The van der Waals surface area contributed by atoms with Gasteiger partial charge in [-0.25, -0.2) is 0 Å². The molecule has 0 spiro atoms. The maximum Gasteiger partial charge on any atom is 0.140 e. The average Bonchev–Trinajstić information content (AvgIpc) is 2.33. The van der Waals surface area contributed by atoms with E-state index in [4.69, 9.17) is 4.74 Å². The molecule has 110 valence electrons. The van der Waals surface area contributed by atoms with Crippen LogP contribution in [0.3, 0.4) is 0 Å². The van der Waals surface area contributed by atoms with Crippen molar-refractivity contribution >= 4 is 0 Å². The minimum atomic E-state index is 0.481. The smallest absolute Gasteiger partial charge is 0.140 e. The van der Waals surface area contributed by atoms with Gasteiger partial charge in [-0.1, -0.05) is 0 Å². The number of pyridine rings is 1. The molecule has 0 unspecified atom stereocenters. The number of nitrogens with zero attached hydrogens (tertiary/aromatic N) is 3. The highest BCUT2D eigenvalue weighted by Crippen LogP contribution is 2.21. The summed E-state index contributed by atoms with van der Waals surface area (Å²) in [5.74, 6) is 0.643. The van der Waals surface area contributed by atoms with E-state index in [0.717, 1.165) is 17.9 Å². The summed E-state index contributed by atoms with van der Waals surface area (Å²) in [5.41, 5.74) is 2.14. The number of hydrogen-bond donors (Lipinski definition) is 0. The molecule has 4 heteroatoms. The van der Waals surface area contributed by atoms with Gasteiger partial charge in [0.25, 0.3) is 0 Å². The Balaban J connectivity index is 2.74. The Bertz CT molecular complexity index is 481.